The summed E-state index contributed by atoms with van der Waals surface area (Å²) in [6.07, 6.45) is 5.35. The summed E-state index contributed by atoms with van der Waals surface area (Å²) >= 11 is 1.45. The van der Waals surface area contributed by atoms with Crippen LogP contribution in [0.4, 0.5) is 5.82 Å². The van der Waals surface area contributed by atoms with Crippen LogP contribution in [-0.4, -0.2) is 59.5 Å². The van der Waals surface area contributed by atoms with Crippen molar-refractivity contribution in [2.75, 3.05) is 24.7 Å². The summed E-state index contributed by atoms with van der Waals surface area (Å²) in [6, 6.07) is 2.11. The van der Waals surface area contributed by atoms with Gasteiger partial charge in [-0.25, -0.2) is 9.97 Å². The van der Waals surface area contributed by atoms with E-state index in [1.54, 1.807) is 12.4 Å². The Hall–Kier alpha value is -2.82. The van der Waals surface area contributed by atoms with Crippen LogP contribution in [0.1, 0.15) is 12.5 Å². The molecule has 29 heavy (non-hydrogen) atoms. The number of aromatic amines is 1. The highest BCUT2D eigenvalue weighted by Crippen LogP contribution is 2.36. The van der Waals surface area contributed by atoms with E-state index in [1.807, 2.05) is 17.6 Å². The lowest BCUT2D eigenvalue weighted by Crippen LogP contribution is -2.44. The van der Waals surface area contributed by atoms with Gasteiger partial charge in [-0.1, -0.05) is 0 Å². The molecular weight excluding hydrogens is 410 g/mol. The van der Waals surface area contributed by atoms with E-state index in [4.69, 9.17) is 14.7 Å². The Balaban J connectivity index is 1.80. The van der Waals surface area contributed by atoms with Gasteiger partial charge in [0.2, 0.25) is 10.3 Å². The fourth-order valence-electron chi connectivity index (χ4n) is 3.62. The van der Waals surface area contributed by atoms with Crippen molar-refractivity contribution in [3.05, 3.63) is 35.6 Å². The molecule has 10 heteroatoms. The van der Waals surface area contributed by atoms with Gasteiger partial charge in [-0.15, -0.1) is 11.3 Å². The molecule has 8 nitrogen and oxygen atoms in total. The van der Waals surface area contributed by atoms with Crippen molar-refractivity contribution in [3.8, 4) is 11.4 Å². The van der Waals surface area contributed by atoms with Gasteiger partial charge in [0.15, 0.2) is 11.6 Å². The highest BCUT2D eigenvalue weighted by Gasteiger charge is 2.25. The highest BCUT2D eigenvalue weighted by molar-refractivity contribution is 7.71. The van der Waals surface area contributed by atoms with E-state index in [0.29, 0.717) is 36.7 Å². The molecule has 1 fully saturated rings. The minimum atomic E-state index is -2.32. The second-order valence-corrected chi connectivity index (χ2v) is 8.50. The zero-order valence-corrected chi connectivity index (χ0v) is 17.1. The third-order valence-electron chi connectivity index (χ3n) is 5.01. The molecule has 1 N–H and O–H groups in total. The van der Waals surface area contributed by atoms with E-state index in [2.05, 4.69) is 21.8 Å². The zero-order valence-electron chi connectivity index (χ0n) is 15.5. The number of morpholine rings is 1. The molecule has 0 amide bonds. The summed E-state index contributed by atoms with van der Waals surface area (Å²) in [5, 5.41) is 3.97. The smallest absolute Gasteiger partial charge is 0.214 e. The number of rotatable bonds is 3. The molecule has 0 radical (unpaired) electrons. The van der Waals surface area contributed by atoms with Crippen molar-refractivity contribution in [1.82, 2.24) is 19.9 Å². The Labute approximate surface area is 171 Å². The lowest BCUT2D eigenvalue weighted by Gasteiger charge is -2.34. The Kier molecular flexibility index (Phi) is 4.53. The molecule has 1 saturated heterocycles. The van der Waals surface area contributed by atoms with Gasteiger partial charge in [0.1, 0.15) is 0 Å². The SMILES string of the molecule is C[C@@H]1COCCN1c1nc(-c2cncc3[nH]ccc23)nc2c(C=S(=O)=O)csc12. The normalized spacial score (nSPS) is 17.1. The Morgan fingerprint density at radius 1 is 1.34 bits per heavy atom. The molecule has 1 atom stereocenters. The van der Waals surface area contributed by atoms with Crippen LogP contribution in [0.3, 0.4) is 0 Å². The minimum absolute atomic E-state index is 0.152. The van der Waals surface area contributed by atoms with Crippen molar-refractivity contribution in [3.63, 3.8) is 0 Å². The predicted octanol–water partition coefficient (Wildman–Crippen LogP) is 2.49. The standard InChI is InChI=1S/C19H17N5O3S2/c1-11-8-27-5-4-24(11)19-17-16(12(9-28-17)10-29(25)26)22-18(23-19)14-6-20-7-15-13(14)2-3-21-15/h2-3,6-7,9-11,21H,4-5,8H2,1H3/t11-/m1/s1. The summed E-state index contributed by atoms with van der Waals surface area (Å²) in [4.78, 5) is 19.3. The van der Waals surface area contributed by atoms with Crippen molar-refractivity contribution in [1.29, 1.82) is 0 Å². The first-order valence-electron chi connectivity index (χ1n) is 9.10. The van der Waals surface area contributed by atoms with Gasteiger partial charge in [0.05, 0.1) is 46.6 Å². The van der Waals surface area contributed by atoms with Crippen LogP contribution in [0.5, 0.6) is 0 Å². The van der Waals surface area contributed by atoms with Gasteiger partial charge >= 0.3 is 0 Å². The molecule has 0 bridgehead atoms. The van der Waals surface area contributed by atoms with E-state index < -0.39 is 10.3 Å². The summed E-state index contributed by atoms with van der Waals surface area (Å²) < 4.78 is 29.1. The van der Waals surface area contributed by atoms with Crippen LogP contribution < -0.4 is 4.90 Å². The maximum absolute atomic E-state index is 11.3. The number of pyridine rings is 1. The summed E-state index contributed by atoms with van der Waals surface area (Å²) in [6.45, 7) is 4.04. The molecule has 148 valence electrons. The molecule has 4 aromatic heterocycles. The number of hydrogen-bond donors (Lipinski definition) is 1. The predicted molar refractivity (Wildman–Crippen MR) is 114 cm³/mol. The van der Waals surface area contributed by atoms with Crippen LogP contribution in [0.15, 0.2) is 30.0 Å². The summed E-state index contributed by atoms with van der Waals surface area (Å²) in [5.41, 5.74) is 2.89. The molecule has 0 aromatic carbocycles. The van der Waals surface area contributed by atoms with Crippen molar-refractivity contribution >= 4 is 53.9 Å². The van der Waals surface area contributed by atoms with Crippen molar-refractivity contribution in [2.45, 2.75) is 13.0 Å². The fourth-order valence-corrected chi connectivity index (χ4v) is 5.06. The van der Waals surface area contributed by atoms with Crippen LogP contribution in [0.25, 0.3) is 32.5 Å². The number of hydrogen-bond acceptors (Lipinski definition) is 8. The maximum atomic E-state index is 11.3. The Bertz CT molecular complexity index is 1350. The second-order valence-electron chi connectivity index (χ2n) is 6.86. The average Bonchev–Trinajstić information content (AvgIpc) is 3.34. The Morgan fingerprint density at radius 2 is 2.24 bits per heavy atom. The maximum Gasteiger partial charge on any atom is 0.214 e. The van der Waals surface area contributed by atoms with Gasteiger partial charge < -0.3 is 14.6 Å². The van der Waals surface area contributed by atoms with Crippen LogP contribution in [-0.2, 0) is 15.0 Å². The number of H-pyrrole nitrogens is 1. The lowest BCUT2D eigenvalue weighted by molar-refractivity contribution is 0.0987. The quantitative estimate of drug-likeness (QED) is 0.501. The number of anilines is 1. The van der Waals surface area contributed by atoms with Gasteiger partial charge in [0, 0.05) is 40.8 Å². The van der Waals surface area contributed by atoms with E-state index in [1.165, 1.54) is 16.7 Å². The molecule has 4 aromatic rings. The van der Waals surface area contributed by atoms with Crippen LogP contribution in [0.2, 0.25) is 0 Å². The van der Waals surface area contributed by atoms with E-state index in [0.717, 1.165) is 27.0 Å². The molecule has 0 aliphatic carbocycles. The number of aromatic nitrogens is 4. The third kappa shape index (κ3) is 3.18. The molecule has 5 heterocycles. The number of nitrogens with one attached hydrogen (secondary N) is 1. The zero-order chi connectivity index (χ0) is 20.0. The van der Waals surface area contributed by atoms with E-state index in [-0.39, 0.29) is 6.04 Å². The minimum Gasteiger partial charge on any atom is -0.377 e. The highest BCUT2D eigenvalue weighted by atomic mass is 32.2. The number of fused-ring (bicyclic) bond motifs is 2. The number of thiophene rings is 1. The molecule has 0 unspecified atom stereocenters. The molecule has 1 aliphatic heterocycles. The summed E-state index contributed by atoms with van der Waals surface area (Å²) in [5.74, 6) is 1.32. The van der Waals surface area contributed by atoms with Gasteiger partial charge in [-0.05, 0) is 13.0 Å². The lowest BCUT2D eigenvalue weighted by atomic mass is 10.1. The van der Waals surface area contributed by atoms with Crippen molar-refractivity contribution < 1.29 is 13.2 Å². The first-order chi connectivity index (χ1) is 14.1. The van der Waals surface area contributed by atoms with Gasteiger partial charge in [-0.2, -0.15) is 8.42 Å². The average molecular weight is 428 g/mol. The fraction of sp³-hybridized carbons (Fsp3) is 0.263. The van der Waals surface area contributed by atoms with E-state index >= 15 is 0 Å². The first kappa shape index (κ1) is 18.2. The molecule has 0 saturated carbocycles. The van der Waals surface area contributed by atoms with Crippen LogP contribution >= 0.6 is 11.3 Å². The van der Waals surface area contributed by atoms with Crippen LogP contribution in [0, 0.1) is 0 Å². The topological polar surface area (TPSA) is 101 Å². The third-order valence-corrected chi connectivity index (χ3v) is 6.43. The van der Waals surface area contributed by atoms with Crippen molar-refractivity contribution in [2.24, 2.45) is 0 Å². The largest absolute Gasteiger partial charge is 0.377 e. The molecule has 5 rings (SSSR count). The Morgan fingerprint density at radius 3 is 3.07 bits per heavy atom. The molecular formula is C19H17N5O3S2. The molecule has 0 spiro atoms. The number of ether oxygens (including phenoxy) is 1. The summed E-state index contributed by atoms with van der Waals surface area (Å²) in [7, 11) is -2.32. The number of nitrogens with zero attached hydrogens (tertiary/aromatic N) is 4. The molecule has 1 aliphatic rings. The first-order valence-corrected chi connectivity index (χ1v) is 11.1. The van der Waals surface area contributed by atoms with Gasteiger partial charge in [0.25, 0.3) is 0 Å². The van der Waals surface area contributed by atoms with E-state index in [9.17, 15) is 8.42 Å². The monoisotopic (exact) mass is 427 g/mol. The second kappa shape index (κ2) is 7.21. The van der Waals surface area contributed by atoms with Gasteiger partial charge in [-0.3, -0.25) is 4.98 Å².